The van der Waals surface area contributed by atoms with Gasteiger partial charge in [-0.15, -0.1) is 0 Å². The van der Waals surface area contributed by atoms with Crippen molar-refractivity contribution in [2.75, 3.05) is 0 Å². The maximum absolute atomic E-state index is 15.2. The van der Waals surface area contributed by atoms with Crippen molar-refractivity contribution < 1.29 is 4.39 Å². The second-order valence-corrected chi connectivity index (χ2v) is 12.0. The largest absolute Gasteiger partial charge is 0.237 e. The number of hydrogen-bond acceptors (Lipinski definition) is 2. The number of rotatable bonds is 4. The summed E-state index contributed by atoms with van der Waals surface area (Å²) in [5.41, 5.74) is 7.03. The van der Waals surface area contributed by atoms with E-state index in [-0.39, 0.29) is 5.82 Å². The van der Waals surface area contributed by atoms with Gasteiger partial charge in [0.2, 0.25) is 0 Å². The molecular formula is C44H27FN2. The third-order valence-corrected chi connectivity index (χ3v) is 9.14. The van der Waals surface area contributed by atoms with Gasteiger partial charge in [0.15, 0.2) is 5.82 Å². The van der Waals surface area contributed by atoms with Gasteiger partial charge in [0.05, 0.1) is 5.69 Å². The molecule has 8 aromatic carbocycles. The van der Waals surface area contributed by atoms with Gasteiger partial charge in [-0.25, -0.2) is 14.4 Å². The van der Waals surface area contributed by atoms with Gasteiger partial charge in [-0.05, 0) is 102 Å². The molecule has 0 fully saturated rings. The molecule has 1 heterocycles. The lowest BCUT2D eigenvalue weighted by molar-refractivity contribution is 0.630. The number of hydrogen-bond donors (Lipinski definition) is 0. The number of benzene rings is 8. The Kier molecular flexibility index (Phi) is 6.36. The number of halogens is 1. The van der Waals surface area contributed by atoms with E-state index in [1.165, 1.54) is 10.8 Å². The lowest BCUT2D eigenvalue weighted by atomic mass is 9.84. The summed E-state index contributed by atoms with van der Waals surface area (Å²) in [7, 11) is 0. The molecule has 220 valence electrons. The molecule has 0 aliphatic carbocycles. The predicted octanol–water partition coefficient (Wildman–Crippen LogP) is 11.9. The Bertz CT molecular complexity index is 2640. The third-order valence-electron chi connectivity index (χ3n) is 9.14. The summed E-state index contributed by atoms with van der Waals surface area (Å²) >= 11 is 0. The topological polar surface area (TPSA) is 25.8 Å². The molecule has 0 amide bonds. The molecule has 0 radical (unpaired) electrons. The Morgan fingerprint density at radius 1 is 0.383 bits per heavy atom. The second-order valence-electron chi connectivity index (χ2n) is 12.0. The van der Waals surface area contributed by atoms with Crippen molar-refractivity contribution in [3.8, 4) is 44.9 Å². The lowest BCUT2D eigenvalue weighted by Gasteiger charge is -2.19. The molecule has 0 N–H and O–H groups in total. The summed E-state index contributed by atoms with van der Waals surface area (Å²) in [6.07, 6.45) is 1.82. The van der Waals surface area contributed by atoms with Crippen LogP contribution in [-0.4, -0.2) is 9.97 Å². The summed E-state index contributed by atoms with van der Waals surface area (Å²) in [4.78, 5) is 9.56. The van der Waals surface area contributed by atoms with Crippen LogP contribution in [0.5, 0.6) is 0 Å². The van der Waals surface area contributed by atoms with E-state index in [1.807, 2.05) is 48.7 Å². The van der Waals surface area contributed by atoms with E-state index in [0.717, 1.165) is 71.4 Å². The summed E-state index contributed by atoms with van der Waals surface area (Å²) in [6.45, 7) is 0. The van der Waals surface area contributed by atoms with Gasteiger partial charge < -0.3 is 0 Å². The molecule has 0 aliphatic rings. The van der Waals surface area contributed by atoms with E-state index in [4.69, 9.17) is 4.98 Å². The van der Waals surface area contributed by atoms with Crippen molar-refractivity contribution in [3.05, 3.63) is 170 Å². The Labute approximate surface area is 271 Å². The highest BCUT2D eigenvalue weighted by Crippen LogP contribution is 2.46. The van der Waals surface area contributed by atoms with E-state index in [9.17, 15) is 0 Å². The minimum Gasteiger partial charge on any atom is -0.237 e. The average molecular weight is 603 g/mol. The van der Waals surface area contributed by atoms with Crippen molar-refractivity contribution in [2.45, 2.75) is 0 Å². The van der Waals surface area contributed by atoms with Gasteiger partial charge in [-0.3, -0.25) is 0 Å². The van der Waals surface area contributed by atoms with Crippen LogP contribution < -0.4 is 0 Å². The normalized spacial score (nSPS) is 11.5. The molecule has 0 bridgehead atoms. The van der Waals surface area contributed by atoms with Gasteiger partial charge in [-0.2, -0.15) is 0 Å². The fourth-order valence-corrected chi connectivity index (χ4v) is 6.92. The molecule has 0 unspecified atom stereocenters. The maximum atomic E-state index is 15.2. The van der Waals surface area contributed by atoms with Gasteiger partial charge in [0.1, 0.15) is 5.82 Å². The maximum Gasteiger partial charge on any atom is 0.159 e. The van der Waals surface area contributed by atoms with Crippen LogP contribution in [0.3, 0.4) is 0 Å². The van der Waals surface area contributed by atoms with Crippen molar-refractivity contribution in [1.82, 2.24) is 9.97 Å². The molecule has 0 saturated heterocycles. The SMILES string of the molecule is Fc1ccc2c(-c3ccc4ccccc4c3)c3cc(-c4ccnc(-c5ccccc5)n4)ccc3c(-c3ccc4ccccc4c3)c2c1. The van der Waals surface area contributed by atoms with Crippen LogP contribution in [0.2, 0.25) is 0 Å². The Morgan fingerprint density at radius 3 is 1.60 bits per heavy atom. The number of aromatic nitrogens is 2. The van der Waals surface area contributed by atoms with E-state index in [2.05, 4.69) is 108 Å². The Hall–Kier alpha value is -6.19. The first-order valence-corrected chi connectivity index (χ1v) is 15.8. The molecule has 3 heteroatoms. The molecule has 1 aromatic heterocycles. The van der Waals surface area contributed by atoms with Crippen molar-refractivity contribution in [2.24, 2.45) is 0 Å². The first-order chi connectivity index (χ1) is 23.2. The zero-order valence-electron chi connectivity index (χ0n) is 25.4. The van der Waals surface area contributed by atoms with Crippen LogP contribution in [0.4, 0.5) is 4.39 Å². The fraction of sp³-hybridized carbons (Fsp3) is 0. The smallest absolute Gasteiger partial charge is 0.159 e. The summed E-state index contributed by atoms with van der Waals surface area (Å²) < 4.78 is 15.2. The van der Waals surface area contributed by atoms with Crippen molar-refractivity contribution in [3.63, 3.8) is 0 Å². The highest BCUT2D eigenvalue weighted by Gasteiger charge is 2.19. The zero-order valence-corrected chi connectivity index (χ0v) is 25.4. The van der Waals surface area contributed by atoms with Gasteiger partial charge in [0.25, 0.3) is 0 Å². The lowest BCUT2D eigenvalue weighted by Crippen LogP contribution is -1.94. The van der Waals surface area contributed by atoms with E-state index >= 15 is 4.39 Å². The second kappa shape index (κ2) is 11.0. The molecule has 9 rings (SSSR count). The molecular weight excluding hydrogens is 575 g/mol. The predicted molar refractivity (Wildman–Crippen MR) is 194 cm³/mol. The van der Waals surface area contributed by atoms with Gasteiger partial charge >= 0.3 is 0 Å². The molecule has 0 saturated carbocycles. The van der Waals surface area contributed by atoms with Crippen LogP contribution in [0.15, 0.2) is 164 Å². The molecule has 0 spiro atoms. The van der Waals surface area contributed by atoms with Gasteiger partial charge in [0, 0.05) is 17.3 Å². The third kappa shape index (κ3) is 4.72. The average Bonchev–Trinajstić information content (AvgIpc) is 3.13. The first kappa shape index (κ1) is 27.1. The van der Waals surface area contributed by atoms with E-state index in [0.29, 0.717) is 5.82 Å². The minimum atomic E-state index is -0.255. The quantitative estimate of drug-likeness (QED) is 0.187. The molecule has 0 aliphatic heterocycles. The van der Waals surface area contributed by atoms with Crippen LogP contribution in [0.25, 0.3) is 88.0 Å². The van der Waals surface area contributed by atoms with Crippen LogP contribution in [-0.2, 0) is 0 Å². The number of fused-ring (bicyclic) bond motifs is 4. The molecule has 2 nitrogen and oxygen atoms in total. The summed E-state index contributed by atoms with van der Waals surface area (Å²) in [5, 5.41) is 8.68. The fourth-order valence-electron chi connectivity index (χ4n) is 6.92. The van der Waals surface area contributed by atoms with Crippen LogP contribution in [0.1, 0.15) is 0 Å². The highest BCUT2D eigenvalue weighted by molar-refractivity contribution is 6.22. The van der Waals surface area contributed by atoms with Crippen molar-refractivity contribution >= 4 is 43.1 Å². The van der Waals surface area contributed by atoms with Crippen molar-refractivity contribution in [1.29, 1.82) is 0 Å². The summed E-state index contributed by atoms with van der Waals surface area (Å²) in [5.74, 6) is 0.429. The number of nitrogens with zero attached hydrogens (tertiary/aromatic N) is 2. The van der Waals surface area contributed by atoms with Gasteiger partial charge in [-0.1, -0.05) is 121 Å². The van der Waals surface area contributed by atoms with Crippen LogP contribution in [0, 0.1) is 5.82 Å². The molecule has 47 heavy (non-hydrogen) atoms. The Morgan fingerprint density at radius 2 is 0.936 bits per heavy atom. The first-order valence-electron chi connectivity index (χ1n) is 15.8. The molecule has 0 atom stereocenters. The highest BCUT2D eigenvalue weighted by atomic mass is 19.1. The molecule has 9 aromatic rings. The Balaban J connectivity index is 1.37. The minimum absolute atomic E-state index is 0.255. The van der Waals surface area contributed by atoms with E-state index < -0.39 is 0 Å². The van der Waals surface area contributed by atoms with Crippen LogP contribution >= 0.6 is 0 Å². The zero-order chi connectivity index (χ0) is 31.3. The summed E-state index contributed by atoms with van der Waals surface area (Å²) in [6, 6.07) is 53.6. The monoisotopic (exact) mass is 602 g/mol. The van der Waals surface area contributed by atoms with E-state index in [1.54, 1.807) is 12.1 Å². The standard InChI is InChI=1S/C44H27FN2/c45-36-19-21-38-40(27-36)43(35-17-15-29-9-5-7-13-32(29)25-35)37-20-18-33(41-22-23-46-44(47-41)30-10-2-1-3-11-30)26-39(37)42(38)34-16-14-28-8-4-6-12-31(28)24-34/h1-27H.